The van der Waals surface area contributed by atoms with Crippen LogP contribution >= 0.6 is 23.6 Å². The third kappa shape index (κ3) is 5.51. The van der Waals surface area contributed by atoms with E-state index in [0.29, 0.717) is 16.7 Å². The number of carbonyl (C=O) groups excluding carboxylic acids is 1. The molecule has 1 aromatic carbocycles. The van der Waals surface area contributed by atoms with E-state index in [2.05, 4.69) is 34.7 Å². The molecular formula is C20H25N3O2S2. The van der Waals surface area contributed by atoms with Crippen LogP contribution in [0.3, 0.4) is 0 Å². The lowest BCUT2D eigenvalue weighted by Crippen LogP contribution is -2.44. The number of hydrogen-bond acceptors (Lipinski definition) is 5. The first-order valence-electron chi connectivity index (χ1n) is 9.06. The third-order valence-electron chi connectivity index (χ3n) is 4.69. The first-order valence-corrected chi connectivity index (χ1v) is 10.3. The maximum atomic E-state index is 12.2. The molecule has 7 heteroatoms. The zero-order valence-corrected chi connectivity index (χ0v) is 17.3. The van der Waals surface area contributed by atoms with Gasteiger partial charge >= 0.3 is 5.97 Å². The summed E-state index contributed by atoms with van der Waals surface area (Å²) < 4.78 is 4.94. The van der Waals surface area contributed by atoms with Crippen molar-refractivity contribution in [1.82, 2.24) is 10.2 Å². The van der Waals surface area contributed by atoms with Crippen molar-refractivity contribution in [2.75, 3.05) is 32.6 Å². The average Bonchev–Trinajstić information content (AvgIpc) is 3.05. The van der Waals surface area contributed by atoms with Crippen LogP contribution in [0.15, 0.2) is 36.4 Å². The van der Waals surface area contributed by atoms with Gasteiger partial charge in [-0.15, -0.1) is 11.3 Å². The molecule has 0 bridgehead atoms. The van der Waals surface area contributed by atoms with Crippen molar-refractivity contribution in [2.45, 2.75) is 25.3 Å². The van der Waals surface area contributed by atoms with Crippen LogP contribution in [-0.4, -0.2) is 49.3 Å². The molecule has 0 saturated carbocycles. The number of piperidine rings is 1. The Kier molecular flexibility index (Phi) is 6.82. The highest BCUT2D eigenvalue weighted by Crippen LogP contribution is 2.30. The normalized spacial score (nSPS) is 15.3. The molecule has 2 aromatic rings. The molecule has 2 heterocycles. The van der Waals surface area contributed by atoms with Gasteiger partial charge in [-0.05, 0) is 56.8 Å². The number of thiocarbonyl (C=S) groups is 1. The number of carbonyl (C=O) groups is 1. The summed E-state index contributed by atoms with van der Waals surface area (Å²) in [6.45, 7) is 2.13. The van der Waals surface area contributed by atoms with E-state index in [0.717, 1.165) is 42.2 Å². The minimum Gasteiger partial charge on any atom is -0.465 e. The molecule has 1 aliphatic rings. The summed E-state index contributed by atoms with van der Waals surface area (Å²) in [4.78, 5) is 15.6. The fourth-order valence-corrected chi connectivity index (χ4v) is 4.57. The second-order valence-corrected chi connectivity index (χ2v) is 8.33. The standard InChI is InChI=1S/C20H25N3O2S2/c1-23-10-8-15(9-11-23)21-20(26)22-18-17(19(24)25-2)13-16(27-18)12-14-6-4-3-5-7-14/h3-7,13,15H,8-12H2,1-2H3,(H2,21,22,26). The number of ether oxygens (including phenoxy) is 1. The zero-order valence-electron chi connectivity index (χ0n) is 15.7. The summed E-state index contributed by atoms with van der Waals surface area (Å²) in [7, 11) is 3.53. The van der Waals surface area contributed by atoms with Crippen molar-refractivity contribution >= 4 is 39.6 Å². The highest BCUT2D eigenvalue weighted by Gasteiger charge is 2.20. The highest BCUT2D eigenvalue weighted by molar-refractivity contribution is 7.80. The second-order valence-electron chi connectivity index (χ2n) is 6.79. The Hall–Kier alpha value is -1.96. The molecule has 0 spiro atoms. The van der Waals surface area contributed by atoms with Crippen LogP contribution in [0.25, 0.3) is 0 Å². The summed E-state index contributed by atoms with van der Waals surface area (Å²) in [5.74, 6) is -0.352. The monoisotopic (exact) mass is 403 g/mol. The number of hydrogen-bond donors (Lipinski definition) is 2. The van der Waals surface area contributed by atoms with Crippen molar-refractivity contribution in [3.8, 4) is 0 Å². The summed E-state index contributed by atoms with van der Waals surface area (Å²) >= 11 is 7.03. The molecule has 3 rings (SSSR count). The predicted molar refractivity (Wildman–Crippen MR) is 115 cm³/mol. The van der Waals surface area contributed by atoms with E-state index in [1.165, 1.54) is 12.7 Å². The molecule has 0 atom stereocenters. The van der Waals surface area contributed by atoms with E-state index in [1.54, 1.807) is 11.3 Å². The van der Waals surface area contributed by atoms with Crippen molar-refractivity contribution in [3.63, 3.8) is 0 Å². The van der Waals surface area contributed by atoms with Crippen LogP contribution in [0.4, 0.5) is 5.00 Å². The van der Waals surface area contributed by atoms with Crippen LogP contribution in [0.2, 0.25) is 0 Å². The summed E-state index contributed by atoms with van der Waals surface area (Å²) in [6, 6.07) is 12.5. The molecule has 0 radical (unpaired) electrons. The van der Waals surface area contributed by atoms with Crippen LogP contribution in [-0.2, 0) is 11.2 Å². The van der Waals surface area contributed by atoms with Crippen LogP contribution in [0.5, 0.6) is 0 Å². The van der Waals surface area contributed by atoms with Crippen molar-refractivity contribution in [3.05, 3.63) is 52.4 Å². The van der Waals surface area contributed by atoms with Gasteiger partial charge in [-0.3, -0.25) is 0 Å². The Bertz CT molecular complexity index is 784. The minimum atomic E-state index is -0.352. The van der Waals surface area contributed by atoms with Crippen molar-refractivity contribution in [1.29, 1.82) is 0 Å². The van der Waals surface area contributed by atoms with Gasteiger partial charge in [0.15, 0.2) is 5.11 Å². The topological polar surface area (TPSA) is 53.6 Å². The lowest BCUT2D eigenvalue weighted by atomic mass is 10.1. The molecule has 1 aromatic heterocycles. The Morgan fingerprint density at radius 2 is 2.00 bits per heavy atom. The molecular weight excluding hydrogens is 378 g/mol. The number of esters is 1. The predicted octanol–water partition coefficient (Wildman–Crippen LogP) is 3.51. The first-order chi connectivity index (χ1) is 13.0. The molecule has 2 N–H and O–H groups in total. The molecule has 1 saturated heterocycles. The summed E-state index contributed by atoms with van der Waals surface area (Å²) in [5.41, 5.74) is 1.73. The third-order valence-corrected chi connectivity index (χ3v) is 5.96. The SMILES string of the molecule is COC(=O)c1cc(Cc2ccccc2)sc1NC(=S)NC1CCN(C)CC1. The minimum absolute atomic E-state index is 0.352. The number of likely N-dealkylation sites (tertiary alicyclic amines) is 1. The molecule has 1 fully saturated rings. The number of methoxy groups -OCH3 is 1. The van der Waals surface area contributed by atoms with E-state index in [9.17, 15) is 4.79 Å². The number of nitrogens with one attached hydrogen (secondary N) is 2. The second kappa shape index (κ2) is 9.30. The lowest BCUT2D eigenvalue weighted by molar-refractivity contribution is 0.0602. The van der Waals surface area contributed by atoms with E-state index < -0.39 is 0 Å². The quantitative estimate of drug-likeness (QED) is 0.589. The molecule has 0 unspecified atom stereocenters. The van der Waals surface area contributed by atoms with E-state index in [4.69, 9.17) is 17.0 Å². The molecule has 27 heavy (non-hydrogen) atoms. The van der Waals surface area contributed by atoms with Gasteiger partial charge in [-0.25, -0.2) is 4.79 Å². The Morgan fingerprint density at radius 3 is 2.67 bits per heavy atom. The zero-order chi connectivity index (χ0) is 19.2. The van der Waals surface area contributed by atoms with Gasteiger partial charge in [0, 0.05) is 17.3 Å². The number of benzene rings is 1. The van der Waals surface area contributed by atoms with Crippen LogP contribution in [0, 0.1) is 0 Å². The number of nitrogens with zero attached hydrogens (tertiary/aromatic N) is 1. The average molecular weight is 404 g/mol. The fraction of sp³-hybridized carbons (Fsp3) is 0.400. The molecule has 0 amide bonds. The Labute approximate surface area is 169 Å². The van der Waals surface area contributed by atoms with Gasteiger partial charge in [0.1, 0.15) is 5.00 Å². The first kappa shape index (κ1) is 19.8. The number of anilines is 1. The summed E-state index contributed by atoms with van der Waals surface area (Å²) in [6.07, 6.45) is 2.89. The maximum absolute atomic E-state index is 12.2. The van der Waals surface area contributed by atoms with Crippen molar-refractivity contribution < 1.29 is 9.53 Å². The number of thiophene rings is 1. The van der Waals surface area contributed by atoms with Crippen LogP contribution in [0.1, 0.15) is 33.6 Å². The largest absolute Gasteiger partial charge is 0.465 e. The maximum Gasteiger partial charge on any atom is 0.340 e. The Balaban J connectivity index is 1.69. The van der Waals surface area contributed by atoms with Gasteiger partial charge in [0.05, 0.1) is 12.7 Å². The molecule has 5 nitrogen and oxygen atoms in total. The van der Waals surface area contributed by atoms with E-state index >= 15 is 0 Å². The van der Waals surface area contributed by atoms with Gasteiger partial charge in [-0.1, -0.05) is 30.3 Å². The van der Waals surface area contributed by atoms with E-state index in [-0.39, 0.29) is 5.97 Å². The van der Waals surface area contributed by atoms with Crippen molar-refractivity contribution in [2.24, 2.45) is 0 Å². The highest BCUT2D eigenvalue weighted by atomic mass is 32.1. The van der Waals surface area contributed by atoms with Crippen LogP contribution < -0.4 is 10.6 Å². The fourth-order valence-electron chi connectivity index (χ4n) is 3.16. The molecule has 0 aliphatic carbocycles. The van der Waals surface area contributed by atoms with Gasteiger partial charge < -0.3 is 20.3 Å². The lowest BCUT2D eigenvalue weighted by Gasteiger charge is -2.30. The van der Waals surface area contributed by atoms with E-state index in [1.807, 2.05) is 24.3 Å². The van der Waals surface area contributed by atoms with Gasteiger partial charge in [0.25, 0.3) is 0 Å². The molecule has 144 valence electrons. The Morgan fingerprint density at radius 1 is 1.30 bits per heavy atom. The smallest absolute Gasteiger partial charge is 0.340 e. The summed E-state index contributed by atoms with van der Waals surface area (Å²) in [5, 5.41) is 7.89. The van der Waals surface area contributed by atoms with Gasteiger partial charge in [0.2, 0.25) is 0 Å². The molecule has 1 aliphatic heterocycles. The van der Waals surface area contributed by atoms with Gasteiger partial charge in [-0.2, -0.15) is 0 Å². The number of rotatable bonds is 5.